The number of aliphatic imine (C=N–C) groups is 1. The molecule has 23 heavy (non-hydrogen) atoms. The topological polar surface area (TPSA) is 52.9 Å². The van der Waals surface area contributed by atoms with Crippen molar-refractivity contribution < 1.29 is 18.7 Å². The van der Waals surface area contributed by atoms with Crippen LogP contribution in [0, 0.1) is 11.6 Å². The molecule has 1 heterocycles. The van der Waals surface area contributed by atoms with Crippen molar-refractivity contribution in [2.24, 2.45) is 4.99 Å². The van der Waals surface area contributed by atoms with E-state index < -0.39 is 28.8 Å². The number of carbonyl (C=O) groups is 1. The molecule has 1 aromatic carbocycles. The van der Waals surface area contributed by atoms with Crippen molar-refractivity contribution in [3.63, 3.8) is 0 Å². The molecule has 0 aromatic heterocycles. The van der Waals surface area contributed by atoms with Crippen LogP contribution in [0.2, 0.25) is 0 Å². The number of carboxylic acid groups (broad SMARTS) is 1. The summed E-state index contributed by atoms with van der Waals surface area (Å²) in [4.78, 5) is 17.1. The normalized spacial score (nSPS) is 21.0. The maximum atomic E-state index is 14.1. The largest absolute Gasteiger partial charge is 0.465 e. The van der Waals surface area contributed by atoms with Gasteiger partial charge >= 0.3 is 6.09 Å². The van der Waals surface area contributed by atoms with Crippen LogP contribution >= 0.6 is 11.8 Å². The van der Waals surface area contributed by atoms with Gasteiger partial charge in [-0.25, -0.2) is 18.6 Å². The van der Waals surface area contributed by atoms with Crippen LogP contribution in [0.1, 0.15) is 33.3 Å². The Morgan fingerprint density at radius 3 is 2.57 bits per heavy atom. The Kier molecular flexibility index (Phi) is 4.52. The Morgan fingerprint density at radius 2 is 2.00 bits per heavy atom. The number of halogens is 2. The smallest absolute Gasteiger partial charge is 0.413 e. The molecule has 0 saturated heterocycles. The van der Waals surface area contributed by atoms with Gasteiger partial charge in [0, 0.05) is 11.1 Å². The van der Waals surface area contributed by atoms with E-state index in [1.165, 1.54) is 12.1 Å². The average molecular weight is 340 g/mol. The second kappa shape index (κ2) is 5.96. The molecule has 1 aliphatic heterocycles. The van der Waals surface area contributed by atoms with Gasteiger partial charge in [0.1, 0.15) is 5.54 Å². The summed E-state index contributed by atoms with van der Waals surface area (Å²) in [5.41, 5.74) is -1.83. The molecule has 2 rings (SSSR count). The highest BCUT2D eigenvalue weighted by atomic mass is 32.2. The summed E-state index contributed by atoms with van der Waals surface area (Å²) in [6, 6.07) is 3.89. The lowest BCUT2D eigenvalue weighted by Gasteiger charge is -2.36. The lowest BCUT2D eigenvalue weighted by Crippen LogP contribution is -2.48. The molecule has 1 aliphatic rings. The molecule has 0 bridgehead atoms. The monoisotopic (exact) mass is 340 g/mol. The molecule has 0 saturated carbocycles. The molecule has 0 radical (unpaired) electrons. The minimum atomic E-state index is -1.17. The first-order valence-electron chi connectivity index (χ1n) is 6.98. The lowest BCUT2D eigenvalue weighted by atomic mass is 9.92. The van der Waals surface area contributed by atoms with Crippen LogP contribution in [0.25, 0.3) is 0 Å². The third kappa shape index (κ3) is 3.39. The number of rotatable bonds is 1. The van der Waals surface area contributed by atoms with E-state index in [1.54, 1.807) is 39.2 Å². The molecular formula is C16H18F2N2O2S. The highest BCUT2D eigenvalue weighted by Crippen LogP contribution is 2.37. The Labute approximate surface area is 137 Å². The quantitative estimate of drug-likeness (QED) is 0.814. The van der Waals surface area contributed by atoms with E-state index in [9.17, 15) is 18.7 Å². The number of amides is 1. The van der Waals surface area contributed by atoms with Gasteiger partial charge in [0.15, 0.2) is 16.8 Å². The number of thioether (sulfide) groups is 1. The van der Waals surface area contributed by atoms with E-state index in [0.717, 1.165) is 22.7 Å². The van der Waals surface area contributed by atoms with Crippen molar-refractivity contribution in [1.29, 1.82) is 0 Å². The molecule has 1 aromatic rings. The standard InChI is InChI=1S/C16H18F2N2O2S/c1-15(2,3)20(14(21)22)13-19-16(4,8-9-23-13)10-6-5-7-11(17)12(10)18/h5-9H,1-4H3,(H,21,22). The van der Waals surface area contributed by atoms with Gasteiger partial charge in [0.2, 0.25) is 0 Å². The second-order valence-corrected chi connectivity index (χ2v) is 7.23. The van der Waals surface area contributed by atoms with E-state index >= 15 is 0 Å². The molecule has 124 valence electrons. The van der Waals surface area contributed by atoms with Crippen molar-refractivity contribution >= 4 is 23.0 Å². The summed E-state index contributed by atoms with van der Waals surface area (Å²) in [5, 5.41) is 11.3. The van der Waals surface area contributed by atoms with Gasteiger partial charge in [-0.3, -0.25) is 4.90 Å². The zero-order valence-corrected chi connectivity index (χ0v) is 14.1. The first kappa shape index (κ1) is 17.5. The van der Waals surface area contributed by atoms with E-state index in [4.69, 9.17) is 0 Å². The van der Waals surface area contributed by atoms with Crippen LogP contribution in [0.4, 0.5) is 13.6 Å². The third-order valence-corrected chi connectivity index (χ3v) is 4.20. The van der Waals surface area contributed by atoms with Gasteiger partial charge in [0.25, 0.3) is 0 Å². The van der Waals surface area contributed by atoms with Crippen LogP contribution in [-0.4, -0.2) is 26.8 Å². The highest BCUT2D eigenvalue weighted by molar-refractivity contribution is 8.16. The fourth-order valence-electron chi connectivity index (χ4n) is 2.29. The molecule has 1 N–H and O–H groups in total. The van der Waals surface area contributed by atoms with E-state index in [1.807, 2.05) is 0 Å². The third-order valence-electron chi connectivity index (χ3n) is 3.44. The Morgan fingerprint density at radius 1 is 1.35 bits per heavy atom. The van der Waals surface area contributed by atoms with Crippen LogP contribution in [0.3, 0.4) is 0 Å². The van der Waals surface area contributed by atoms with Gasteiger partial charge in [-0.2, -0.15) is 0 Å². The maximum absolute atomic E-state index is 14.1. The summed E-state index contributed by atoms with van der Waals surface area (Å²) in [5.74, 6) is -1.94. The van der Waals surface area contributed by atoms with Gasteiger partial charge in [-0.15, -0.1) is 0 Å². The number of nitrogens with zero attached hydrogens (tertiary/aromatic N) is 2. The van der Waals surface area contributed by atoms with Crippen LogP contribution in [-0.2, 0) is 5.54 Å². The molecule has 4 nitrogen and oxygen atoms in total. The predicted molar refractivity (Wildman–Crippen MR) is 87.5 cm³/mol. The Bertz CT molecular complexity index is 698. The zero-order chi connectivity index (χ0) is 17.4. The Hall–Kier alpha value is -1.89. The van der Waals surface area contributed by atoms with Gasteiger partial charge < -0.3 is 5.11 Å². The molecule has 1 amide bonds. The van der Waals surface area contributed by atoms with E-state index in [2.05, 4.69) is 4.99 Å². The minimum absolute atomic E-state index is 0.0609. The van der Waals surface area contributed by atoms with Crippen molar-refractivity contribution in [1.82, 2.24) is 4.90 Å². The maximum Gasteiger partial charge on any atom is 0.413 e. The number of amidine groups is 1. The van der Waals surface area contributed by atoms with Crippen LogP contribution in [0.5, 0.6) is 0 Å². The molecular weight excluding hydrogens is 322 g/mol. The highest BCUT2D eigenvalue weighted by Gasteiger charge is 2.36. The van der Waals surface area contributed by atoms with Crippen molar-refractivity contribution in [3.8, 4) is 0 Å². The minimum Gasteiger partial charge on any atom is -0.465 e. The fourth-order valence-corrected chi connectivity index (χ4v) is 3.45. The summed E-state index contributed by atoms with van der Waals surface area (Å²) in [6.07, 6.45) is 0.475. The summed E-state index contributed by atoms with van der Waals surface area (Å²) >= 11 is 1.13. The predicted octanol–water partition coefficient (Wildman–Crippen LogP) is 4.58. The summed E-state index contributed by atoms with van der Waals surface area (Å²) < 4.78 is 27.7. The molecule has 0 aliphatic carbocycles. The molecule has 0 fully saturated rings. The average Bonchev–Trinajstić information content (AvgIpc) is 2.39. The number of benzene rings is 1. The molecule has 7 heteroatoms. The van der Waals surface area contributed by atoms with Crippen molar-refractivity contribution in [3.05, 3.63) is 46.9 Å². The molecule has 0 spiro atoms. The molecule has 1 unspecified atom stereocenters. The van der Waals surface area contributed by atoms with Crippen LogP contribution in [0.15, 0.2) is 34.7 Å². The zero-order valence-electron chi connectivity index (χ0n) is 13.3. The van der Waals surface area contributed by atoms with Crippen LogP contribution < -0.4 is 0 Å². The fraction of sp³-hybridized carbons (Fsp3) is 0.375. The van der Waals surface area contributed by atoms with Gasteiger partial charge in [-0.1, -0.05) is 23.9 Å². The van der Waals surface area contributed by atoms with Gasteiger partial charge in [-0.05, 0) is 45.2 Å². The summed E-state index contributed by atoms with van der Waals surface area (Å²) in [7, 11) is 0. The second-order valence-electron chi connectivity index (χ2n) is 6.35. The lowest BCUT2D eigenvalue weighted by molar-refractivity contribution is 0.142. The van der Waals surface area contributed by atoms with Gasteiger partial charge in [0.05, 0.1) is 0 Å². The number of hydrogen-bond acceptors (Lipinski definition) is 3. The first-order valence-corrected chi connectivity index (χ1v) is 7.86. The Balaban J connectivity index is 2.54. The number of hydrogen-bond donors (Lipinski definition) is 1. The summed E-state index contributed by atoms with van der Waals surface area (Å²) in [6.45, 7) is 6.83. The van der Waals surface area contributed by atoms with Crippen molar-refractivity contribution in [2.75, 3.05) is 0 Å². The first-order chi connectivity index (χ1) is 10.6. The van der Waals surface area contributed by atoms with E-state index in [-0.39, 0.29) is 10.7 Å². The van der Waals surface area contributed by atoms with Crippen molar-refractivity contribution in [2.45, 2.75) is 38.8 Å². The SMILES string of the molecule is CC1(c2cccc(F)c2F)C=CSC(N(C(=O)O)C(C)(C)C)=N1. The van der Waals surface area contributed by atoms with E-state index in [0.29, 0.717) is 0 Å². The molecule has 1 atom stereocenters.